The lowest BCUT2D eigenvalue weighted by Crippen LogP contribution is -2.45. The van der Waals surface area contributed by atoms with Gasteiger partial charge in [-0.25, -0.2) is 0 Å². The van der Waals surface area contributed by atoms with Gasteiger partial charge in [0.15, 0.2) is 5.96 Å². The van der Waals surface area contributed by atoms with Crippen molar-refractivity contribution in [3.8, 4) is 0 Å². The fraction of sp³-hybridized carbons (Fsp3) is 0.562. The number of rotatable bonds is 4. The second kappa shape index (κ2) is 5.83. The summed E-state index contributed by atoms with van der Waals surface area (Å²) in [6.07, 6.45) is 3.65. The van der Waals surface area contributed by atoms with Gasteiger partial charge in [0.05, 0.1) is 13.2 Å². The Morgan fingerprint density at radius 3 is 2.55 bits per heavy atom. The minimum absolute atomic E-state index is 0.359. The number of hydrogen-bond donors (Lipinski definition) is 1. The Hall–Kier alpha value is -1.55. The van der Waals surface area contributed by atoms with E-state index in [1.54, 1.807) is 0 Å². The molecule has 1 heterocycles. The maximum Gasteiger partial charge on any atom is 0.191 e. The van der Waals surface area contributed by atoms with Crippen LogP contribution in [0.2, 0.25) is 0 Å². The van der Waals surface area contributed by atoms with E-state index in [-0.39, 0.29) is 0 Å². The topological polar surface area (TPSA) is 50.8 Å². The second-order valence-corrected chi connectivity index (χ2v) is 5.94. The number of aliphatic imine (C=N–C) groups is 1. The fourth-order valence-electron chi connectivity index (χ4n) is 2.74. The number of ether oxygens (including phenoxy) is 1. The van der Waals surface area contributed by atoms with Crippen LogP contribution in [0.1, 0.15) is 18.4 Å². The smallest absolute Gasteiger partial charge is 0.191 e. The van der Waals surface area contributed by atoms with Gasteiger partial charge in [0, 0.05) is 19.6 Å². The molecule has 1 saturated carbocycles. The molecule has 4 heteroatoms. The molecule has 2 N–H and O–H groups in total. The molecule has 3 rings (SSSR count). The summed E-state index contributed by atoms with van der Waals surface area (Å²) < 4.78 is 5.33. The standard InChI is InChI=1S/C16H23N3O/c17-15(19-8-10-20-11-9-19)18-13-16(6-7-16)12-14-4-2-1-3-5-14/h1-5H,6-13H2,(H2,17,18). The molecule has 0 spiro atoms. The van der Waals surface area contributed by atoms with Gasteiger partial charge < -0.3 is 15.4 Å². The third kappa shape index (κ3) is 3.31. The van der Waals surface area contributed by atoms with Crippen LogP contribution >= 0.6 is 0 Å². The molecule has 2 aliphatic rings. The van der Waals surface area contributed by atoms with Crippen LogP contribution in [0.5, 0.6) is 0 Å². The van der Waals surface area contributed by atoms with E-state index in [1.165, 1.54) is 18.4 Å². The minimum Gasteiger partial charge on any atom is -0.378 e. The summed E-state index contributed by atoms with van der Waals surface area (Å²) in [6, 6.07) is 10.7. The van der Waals surface area contributed by atoms with Crippen molar-refractivity contribution in [2.24, 2.45) is 16.1 Å². The first kappa shape index (κ1) is 13.4. The molecule has 1 aromatic carbocycles. The summed E-state index contributed by atoms with van der Waals surface area (Å²) in [5.74, 6) is 0.688. The number of nitrogens with zero attached hydrogens (tertiary/aromatic N) is 2. The molecule has 20 heavy (non-hydrogen) atoms. The van der Waals surface area contributed by atoms with Crippen molar-refractivity contribution in [1.82, 2.24) is 4.90 Å². The number of nitrogens with two attached hydrogens (primary N) is 1. The van der Waals surface area contributed by atoms with Crippen molar-refractivity contribution in [3.05, 3.63) is 35.9 Å². The zero-order valence-electron chi connectivity index (χ0n) is 11.9. The number of benzene rings is 1. The van der Waals surface area contributed by atoms with Gasteiger partial charge in [0.2, 0.25) is 0 Å². The molecule has 2 fully saturated rings. The molecule has 1 aliphatic carbocycles. The SMILES string of the molecule is NC(=NCC1(Cc2ccccc2)CC1)N1CCOCC1. The predicted molar refractivity (Wildman–Crippen MR) is 80.7 cm³/mol. The number of morpholine rings is 1. The van der Waals surface area contributed by atoms with Gasteiger partial charge in [-0.1, -0.05) is 30.3 Å². The third-order valence-corrected chi connectivity index (χ3v) is 4.29. The lowest BCUT2D eigenvalue weighted by molar-refractivity contribution is 0.0674. The summed E-state index contributed by atoms with van der Waals surface area (Å²) in [4.78, 5) is 6.77. The van der Waals surface area contributed by atoms with Crippen LogP contribution in [0.4, 0.5) is 0 Å². The summed E-state index contributed by atoms with van der Waals surface area (Å²) in [7, 11) is 0. The molecule has 0 aromatic heterocycles. The molecule has 108 valence electrons. The van der Waals surface area contributed by atoms with E-state index in [9.17, 15) is 0 Å². The quantitative estimate of drug-likeness (QED) is 0.670. The maximum atomic E-state index is 6.10. The Morgan fingerprint density at radius 1 is 1.20 bits per heavy atom. The van der Waals surface area contributed by atoms with Crippen LogP contribution in [0.15, 0.2) is 35.3 Å². The molecular weight excluding hydrogens is 250 g/mol. The highest BCUT2D eigenvalue weighted by Gasteiger charge is 2.42. The molecule has 1 aliphatic heterocycles. The average Bonchev–Trinajstić information content (AvgIpc) is 3.27. The van der Waals surface area contributed by atoms with Crippen molar-refractivity contribution >= 4 is 5.96 Å². The van der Waals surface area contributed by atoms with Crippen molar-refractivity contribution in [2.45, 2.75) is 19.3 Å². The van der Waals surface area contributed by atoms with Crippen molar-refractivity contribution < 1.29 is 4.74 Å². The number of guanidine groups is 1. The monoisotopic (exact) mass is 273 g/mol. The van der Waals surface area contributed by atoms with Gasteiger partial charge >= 0.3 is 0 Å². The van der Waals surface area contributed by atoms with Crippen LogP contribution < -0.4 is 5.73 Å². The fourth-order valence-corrected chi connectivity index (χ4v) is 2.74. The highest BCUT2D eigenvalue weighted by atomic mass is 16.5. The third-order valence-electron chi connectivity index (χ3n) is 4.29. The van der Waals surface area contributed by atoms with E-state index < -0.39 is 0 Å². The number of hydrogen-bond acceptors (Lipinski definition) is 2. The lowest BCUT2D eigenvalue weighted by atomic mass is 9.97. The maximum absolute atomic E-state index is 6.10. The first-order valence-electron chi connectivity index (χ1n) is 7.44. The van der Waals surface area contributed by atoms with E-state index >= 15 is 0 Å². The van der Waals surface area contributed by atoms with Gasteiger partial charge in [0.1, 0.15) is 0 Å². The van der Waals surface area contributed by atoms with Crippen LogP contribution in [0.3, 0.4) is 0 Å². The highest BCUT2D eigenvalue weighted by molar-refractivity contribution is 5.78. The van der Waals surface area contributed by atoms with E-state index in [0.717, 1.165) is 39.3 Å². The molecule has 1 aromatic rings. The van der Waals surface area contributed by atoms with E-state index in [4.69, 9.17) is 10.5 Å². The first-order chi connectivity index (χ1) is 9.77. The molecule has 1 saturated heterocycles. The van der Waals surface area contributed by atoms with Gasteiger partial charge in [-0.05, 0) is 30.2 Å². The Balaban J connectivity index is 1.57. The zero-order valence-corrected chi connectivity index (χ0v) is 11.9. The van der Waals surface area contributed by atoms with Gasteiger partial charge in [-0.3, -0.25) is 4.99 Å². The van der Waals surface area contributed by atoms with Crippen LogP contribution in [0.25, 0.3) is 0 Å². The van der Waals surface area contributed by atoms with Crippen LogP contribution in [-0.4, -0.2) is 43.7 Å². The predicted octanol–water partition coefficient (Wildman–Crippen LogP) is 1.66. The molecule has 0 unspecified atom stereocenters. The van der Waals surface area contributed by atoms with E-state index in [1.807, 2.05) is 0 Å². The second-order valence-electron chi connectivity index (χ2n) is 5.94. The minimum atomic E-state index is 0.359. The van der Waals surface area contributed by atoms with Crippen molar-refractivity contribution in [1.29, 1.82) is 0 Å². The summed E-state index contributed by atoms with van der Waals surface area (Å²) in [5, 5.41) is 0. The lowest BCUT2D eigenvalue weighted by Gasteiger charge is -2.28. The van der Waals surface area contributed by atoms with Crippen LogP contribution in [0, 0.1) is 5.41 Å². The normalized spacial score (nSPS) is 21.8. The first-order valence-corrected chi connectivity index (χ1v) is 7.44. The summed E-state index contributed by atoms with van der Waals surface area (Å²) >= 11 is 0. The van der Waals surface area contributed by atoms with Crippen molar-refractivity contribution in [2.75, 3.05) is 32.8 Å². The average molecular weight is 273 g/mol. The van der Waals surface area contributed by atoms with E-state index in [0.29, 0.717) is 11.4 Å². The highest BCUT2D eigenvalue weighted by Crippen LogP contribution is 2.48. The molecule has 0 atom stereocenters. The molecule has 0 amide bonds. The molecular formula is C16H23N3O. The zero-order chi connectivity index (χ0) is 13.8. The Bertz CT molecular complexity index is 462. The molecule has 0 bridgehead atoms. The van der Waals surface area contributed by atoms with Gasteiger partial charge in [-0.15, -0.1) is 0 Å². The Morgan fingerprint density at radius 2 is 1.90 bits per heavy atom. The van der Waals surface area contributed by atoms with E-state index in [2.05, 4.69) is 40.2 Å². The Kier molecular flexibility index (Phi) is 3.92. The summed E-state index contributed by atoms with van der Waals surface area (Å²) in [6.45, 7) is 4.09. The largest absolute Gasteiger partial charge is 0.378 e. The summed E-state index contributed by atoms with van der Waals surface area (Å²) in [5.41, 5.74) is 7.86. The molecule has 4 nitrogen and oxygen atoms in total. The Labute approximate surface area is 120 Å². The van der Waals surface area contributed by atoms with Gasteiger partial charge in [0.25, 0.3) is 0 Å². The van der Waals surface area contributed by atoms with Crippen LogP contribution in [-0.2, 0) is 11.2 Å². The van der Waals surface area contributed by atoms with Gasteiger partial charge in [-0.2, -0.15) is 0 Å². The van der Waals surface area contributed by atoms with Crippen molar-refractivity contribution in [3.63, 3.8) is 0 Å². The molecule has 0 radical (unpaired) electrons.